The van der Waals surface area contributed by atoms with Crippen molar-refractivity contribution in [3.05, 3.63) is 18.0 Å². The predicted molar refractivity (Wildman–Crippen MR) is 44.8 cm³/mol. The van der Waals surface area contributed by atoms with Gasteiger partial charge in [-0.2, -0.15) is 0 Å². The summed E-state index contributed by atoms with van der Waals surface area (Å²) < 4.78 is 9.43. The molecule has 0 radical (unpaired) electrons. The molecule has 5 heteroatoms. The molecular weight excluding hydrogens is 172 g/mol. The van der Waals surface area contributed by atoms with Crippen molar-refractivity contribution in [2.75, 3.05) is 7.11 Å². The number of hydrogen-bond acceptors (Lipinski definition) is 4. The maximum atomic E-state index is 11.2. The van der Waals surface area contributed by atoms with Crippen molar-refractivity contribution < 1.29 is 14.1 Å². The Kier molecular flexibility index (Phi) is 3.45. The fraction of sp³-hybridized carbons (Fsp3) is 0.500. The van der Waals surface area contributed by atoms with Crippen molar-refractivity contribution in [3.8, 4) is 0 Å². The summed E-state index contributed by atoms with van der Waals surface area (Å²) in [6, 6.07) is 1.69. The number of hydrogen-bond donors (Lipinski definition) is 1. The first-order valence-corrected chi connectivity index (χ1v) is 3.94. The van der Waals surface area contributed by atoms with Crippen molar-refractivity contribution in [2.24, 2.45) is 0 Å². The Morgan fingerprint density at radius 2 is 2.62 bits per heavy atom. The fourth-order valence-corrected chi connectivity index (χ4v) is 0.757. The fourth-order valence-electron chi connectivity index (χ4n) is 0.757. The third kappa shape index (κ3) is 2.87. The second-order valence-electron chi connectivity index (χ2n) is 2.59. The van der Waals surface area contributed by atoms with Gasteiger partial charge in [-0.05, 0) is 6.92 Å². The first kappa shape index (κ1) is 9.73. The summed E-state index contributed by atoms with van der Waals surface area (Å²) in [4.78, 5) is 11.2. The van der Waals surface area contributed by atoms with Crippen molar-refractivity contribution in [1.29, 1.82) is 0 Å². The molecule has 0 bridgehead atoms. The van der Waals surface area contributed by atoms with Crippen LogP contribution in [-0.4, -0.2) is 24.3 Å². The van der Waals surface area contributed by atoms with Crippen LogP contribution < -0.4 is 5.32 Å². The van der Waals surface area contributed by atoms with Gasteiger partial charge in [-0.15, -0.1) is 0 Å². The van der Waals surface area contributed by atoms with Crippen molar-refractivity contribution in [2.45, 2.75) is 19.6 Å². The number of carbonyl (C=O) groups is 1. The Morgan fingerprint density at radius 3 is 3.15 bits per heavy atom. The van der Waals surface area contributed by atoms with Crippen LogP contribution in [0.1, 0.15) is 12.6 Å². The highest BCUT2D eigenvalue weighted by Crippen LogP contribution is 1.94. The molecule has 5 nitrogen and oxygen atoms in total. The minimum absolute atomic E-state index is 0.162. The normalized spacial score (nSPS) is 12.5. The van der Waals surface area contributed by atoms with Crippen LogP contribution in [0, 0.1) is 0 Å². The highest BCUT2D eigenvalue weighted by molar-refractivity contribution is 5.80. The maximum Gasteiger partial charge on any atom is 0.249 e. The summed E-state index contributed by atoms with van der Waals surface area (Å²) in [5.74, 6) is -0.162. The van der Waals surface area contributed by atoms with Crippen molar-refractivity contribution in [1.82, 2.24) is 10.5 Å². The van der Waals surface area contributed by atoms with E-state index in [2.05, 4.69) is 15.0 Å². The first-order chi connectivity index (χ1) is 6.24. The minimum atomic E-state index is -0.438. The van der Waals surface area contributed by atoms with Gasteiger partial charge in [0.25, 0.3) is 0 Å². The average Bonchev–Trinajstić information content (AvgIpc) is 2.65. The number of amides is 1. The Hall–Kier alpha value is -1.36. The second-order valence-corrected chi connectivity index (χ2v) is 2.59. The third-order valence-electron chi connectivity index (χ3n) is 1.66. The molecule has 1 N–H and O–H groups in total. The van der Waals surface area contributed by atoms with Crippen LogP contribution in [0.5, 0.6) is 0 Å². The Labute approximate surface area is 76.0 Å². The summed E-state index contributed by atoms with van der Waals surface area (Å²) >= 11 is 0. The standard InChI is InChI=1S/C8H12N2O3/c1-6(12-2)8(11)9-5-7-3-4-13-10-7/h3-4,6H,5H2,1-2H3,(H,9,11). The molecule has 0 spiro atoms. The highest BCUT2D eigenvalue weighted by Gasteiger charge is 2.10. The van der Waals surface area contributed by atoms with Crippen LogP contribution in [0.2, 0.25) is 0 Å². The number of methoxy groups -OCH3 is 1. The average molecular weight is 184 g/mol. The maximum absolute atomic E-state index is 11.2. The molecule has 0 saturated carbocycles. The molecule has 13 heavy (non-hydrogen) atoms. The largest absolute Gasteiger partial charge is 0.372 e. The van der Waals surface area contributed by atoms with Gasteiger partial charge in [-0.3, -0.25) is 4.79 Å². The summed E-state index contributed by atoms with van der Waals surface area (Å²) in [7, 11) is 1.49. The molecule has 0 saturated heterocycles. The van der Waals surface area contributed by atoms with Crippen LogP contribution in [0.25, 0.3) is 0 Å². The van der Waals surface area contributed by atoms with Gasteiger partial charge in [-0.25, -0.2) is 0 Å². The molecule has 72 valence electrons. The second kappa shape index (κ2) is 4.61. The summed E-state index contributed by atoms with van der Waals surface area (Å²) in [5, 5.41) is 6.29. The molecule has 0 aromatic carbocycles. The van der Waals surface area contributed by atoms with Crippen molar-refractivity contribution >= 4 is 5.91 Å². The molecule has 0 aliphatic carbocycles. The van der Waals surface area contributed by atoms with Gasteiger partial charge in [0.1, 0.15) is 18.1 Å². The van der Waals surface area contributed by atoms with Crippen LogP contribution in [0.15, 0.2) is 16.9 Å². The smallest absolute Gasteiger partial charge is 0.249 e. The number of carbonyl (C=O) groups excluding carboxylic acids is 1. The summed E-state index contributed by atoms with van der Waals surface area (Å²) in [6.07, 6.45) is 1.02. The van der Waals surface area contributed by atoms with Crippen LogP contribution in [0.3, 0.4) is 0 Å². The zero-order valence-electron chi connectivity index (χ0n) is 7.61. The molecule has 1 rings (SSSR count). The van der Waals surface area contributed by atoms with Crippen LogP contribution in [0.4, 0.5) is 0 Å². The van der Waals surface area contributed by atoms with Crippen LogP contribution >= 0.6 is 0 Å². The van der Waals surface area contributed by atoms with Gasteiger partial charge in [0.2, 0.25) is 5.91 Å². The molecule has 1 aromatic rings. The highest BCUT2D eigenvalue weighted by atomic mass is 16.5. The monoisotopic (exact) mass is 184 g/mol. The van der Waals surface area contributed by atoms with E-state index in [4.69, 9.17) is 4.74 Å². The van der Waals surface area contributed by atoms with Crippen LogP contribution in [-0.2, 0) is 16.1 Å². The Balaban J connectivity index is 2.31. The summed E-state index contributed by atoms with van der Waals surface area (Å²) in [5.41, 5.74) is 0.691. The predicted octanol–water partition coefficient (Wildman–Crippen LogP) is 0.326. The molecule has 0 fully saturated rings. The number of ether oxygens (including phenoxy) is 1. The van der Waals surface area contributed by atoms with Gasteiger partial charge in [0.05, 0.1) is 6.54 Å². The van der Waals surface area contributed by atoms with E-state index >= 15 is 0 Å². The zero-order chi connectivity index (χ0) is 9.68. The van der Waals surface area contributed by atoms with E-state index in [-0.39, 0.29) is 5.91 Å². The molecule has 1 heterocycles. The van der Waals surface area contributed by atoms with Crippen molar-refractivity contribution in [3.63, 3.8) is 0 Å². The van der Waals surface area contributed by atoms with Gasteiger partial charge < -0.3 is 14.6 Å². The number of rotatable bonds is 4. The SMILES string of the molecule is COC(C)C(=O)NCc1ccon1. The molecule has 1 atom stereocenters. The Morgan fingerprint density at radius 1 is 1.85 bits per heavy atom. The number of nitrogens with zero attached hydrogens (tertiary/aromatic N) is 1. The lowest BCUT2D eigenvalue weighted by atomic mass is 10.3. The molecule has 1 aromatic heterocycles. The lowest BCUT2D eigenvalue weighted by molar-refractivity contribution is -0.130. The van der Waals surface area contributed by atoms with E-state index in [0.29, 0.717) is 12.2 Å². The first-order valence-electron chi connectivity index (χ1n) is 3.94. The van der Waals surface area contributed by atoms with E-state index < -0.39 is 6.10 Å². The molecule has 1 unspecified atom stereocenters. The van der Waals surface area contributed by atoms with Gasteiger partial charge in [0, 0.05) is 13.2 Å². The van der Waals surface area contributed by atoms with E-state index in [1.54, 1.807) is 13.0 Å². The molecule has 1 amide bonds. The quantitative estimate of drug-likeness (QED) is 0.732. The number of nitrogens with one attached hydrogen (secondary N) is 1. The third-order valence-corrected chi connectivity index (χ3v) is 1.66. The van der Waals surface area contributed by atoms with E-state index in [9.17, 15) is 4.79 Å². The van der Waals surface area contributed by atoms with Gasteiger partial charge in [-0.1, -0.05) is 5.16 Å². The lowest BCUT2D eigenvalue weighted by Gasteiger charge is -2.08. The topological polar surface area (TPSA) is 64.4 Å². The van der Waals surface area contributed by atoms with E-state index in [1.807, 2.05) is 0 Å². The Bertz CT molecular complexity index is 258. The number of aromatic nitrogens is 1. The van der Waals surface area contributed by atoms with Gasteiger partial charge in [0.15, 0.2) is 0 Å². The molecule has 0 aliphatic rings. The van der Waals surface area contributed by atoms with E-state index in [1.165, 1.54) is 13.4 Å². The summed E-state index contributed by atoms with van der Waals surface area (Å²) in [6.45, 7) is 2.04. The lowest BCUT2D eigenvalue weighted by Crippen LogP contribution is -2.33. The van der Waals surface area contributed by atoms with E-state index in [0.717, 1.165) is 0 Å². The molecular formula is C8H12N2O3. The zero-order valence-corrected chi connectivity index (χ0v) is 7.61. The molecule has 0 aliphatic heterocycles. The minimum Gasteiger partial charge on any atom is -0.372 e. The van der Waals surface area contributed by atoms with Gasteiger partial charge >= 0.3 is 0 Å².